The molecule has 0 bridgehead atoms. The maximum absolute atomic E-state index is 12.6. The molecule has 0 spiro atoms. The monoisotopic (exact) mass is 373 g/mol. The number of ether oxygens (including phenoxy) is 1. The molecular weight excluding hydrogens is 354 g/mol. The van der Waals surface area contributed by atoms with E-state index in [2.05, 4.69) is 0 Å². The number of hydrogen-bond donors (Lipinski definition) is 3. The molecule has 2 aromatic carbocycles. The van der Waals surface area contributed by atoms with Gasteiger partial charge < -0.3 is 25.0 Å². The molecule has 1 atom stereocenters. The van der Waals surface area contributed by atoms with E-state index in [4.69, 9.17) is 14.6 Å². The molecule has 1 unspecified atom stereocenters. The molecule has 1 aliphatic heterocycles. The number of carbonyl (C=O) groups is 3. The van der Waals surface area contributed by atoms with Gasteiger partial charge in [-0.2, -0.15) is 0 Å². The Morgan fingerprint density at radius 1 is 1.30 bits per heavy atom. The highest BCUT2D eigenvalue weighted by Crippen LogP contribution is 2.40. The van der Waals surface area contributed by atoms with Gasteiger partial charge in [-0.05, 0) is 36.2 Å². The average molecular weight is 373 g/mol. The Hall–Kier alpha value is -3.55. The van der Waals surface area contributed by atoms with Gasteiger partial charge in [0.15, 0.2) is 17.5 Å². The molecule has 27 heavy (non-hydrogen) atoms. The van der Waals surface area contributed by atoms with E-state index in [0.717, 1.165) is 11.1 Å². The van der Waals surface area contributed by atoms with Gasteiger partial charge >= 0.3 is 5.97 Å². The zero-order valence-corrected chi connectivity index (χ0v) is 14.7. The molecule has 3 rings (SSSR count). The van der Waals surface area contributed by atoms with Crippen molar-refractivity contribution < 1.29 is 34.4 Å². The van der Waals surface area contributed by atoms with Crippen molar-refractivity contribution in [3.8, 4) is 11.5 Å². The van der Waals surface area contributed by atoms with Crippen LogP contribution in [-0.4, -0.2) is 45.7 Å². The van der Waals surface area contributed by atoms with Crippen LogP contribution in [0.1, 0.15) is 33.1 Å². The molecular formula is C19H19NO7. The topological polar surface area (TPSA) is 124 Å². The Kier molecular flexibility index (Phi) is 6.02. The molecule has 1 heterocycles. The number of carboxylic acids is 1. The minimum absolute atomic E-state index is 0.139. The molecule has 2 aromatic rings. The van der Waals surface area contributed by atoms with Crippen LogP contribution in [-0.2, 0) is 16.1 Å². The van der Waals surface area contributed by atoms with Gasteiger partial charge in [0.05, 0.1) is 7.11 Å². The average Bonchev–Trinajstić information content (AvgIpc) is 2.95. The summed E-state index contributed by atoms with van der Waals surface area (Å²) in [5.41, 5.74) is 2.13. The van der Waals surface area contributed by atoms with Crippen LogP contribution >= 0.6 is 0 Å². The van der Waals surface area contributed by atoms with Crippen LogP contribution in [0.2, 0.25) is 0 Å². The minimum Gasteiger partial charge on any atom is -0.504 e. The summed E-state index contributed by atoms with van der Waals surface area (Å²) in [5, 5.41) is 27.0. The van der Waals surface area contributed by atoms with Crippen molar-refractivity contribution in [2.45, 2.75) is 19.5 Å². The van der Waals surface area contributed by atoms with Crippen molar-refractivity contribution in [3.63, 3.8) is 0 Å². The second-order valence-corrected chi connectivity index (χ2v) is 5.84. The quantitative estimate of drug-likeness (QED) is 0.702. The lowest BCUT2D eigenvalue weighted by molar-refractivity contribution is -0.142. The molecule has 0 saturated carbocycles. The number of aromatic hydroxyl groups is 1. The van der Waals surface area contributed by atoms with Gasteiger partial charge in [0.2, 0.25) is 0 Å². The number of aliphatic carboxylic acids is 1. The van der Waals surface area contributed by atoms with Crippen molar-refractivity contribution >= 4 is 18.3 Å². The van der Waals surface area contributed by atoms with Crippen LogP contribution in [0.15, 0.2) is 36.4 Å². The van der Waals surface area contributed by atoms with Crippen molar-refractivity contribution in [3.05, 3.63) is 58.7 Å². The van der Waals surface area contributed by atoms with Gasteiger partial charge in [0.25, 0.3) is 12.4 Å². The molecule has 1 amide bonds. The first-order valence-corrected chi connectivity index (χ1v) is 7.92. The fourth-order valence-electron chi connectivity index (χ4n) is 3.06. The summed E-state index contributed by atoms with van der Waals surface area (Å²) in [4.78, 5) is 34.1. The van der Waals surface area contributed by atoms with E-state index in [1.165, 1.54) is 12.0 Å². The minimum atomic E-state index is -1.29. The lowest BCUT2D eigenvalue weighted by atomic mass is 10.0. The highest BCUT2D eigenvalue weighted by Gasteiger charge is 2.39. The third kappa shape index (κ3) is 3.84. The standard InChI is InChI=1S/C18H17NO5.CH2O2/c1-10-7-13(16(20)14(8-10)24-2)15(18(22)23)19-9-11-5-3-4-6-12(11)17(19)21;2-1-3/h3-8,15,20H,9H2,1-2H3,(H,22,23);1H,(H,2,3). The summed E-state index contributed by atoms with van der Waals surface area (Å²) in [5.74, 6) is -1.66. The van der Waals surface area contributed by atoms with Crippen LogP contribution < -0.4 is 4.74 Å². The van der Waals surface area contributed by atoms with E-state index in [0.29, 0.717) is 5.56 Å². The fraction of sp³-hybridized carbons (Fsp3) is 0.211. The first-order valence-electron chi connectivity index (χ1n) is 7.92. The number of phenols is 1. The van der Waals surface area contributed by atoms with Crippen molar-refractivity contribution in [2.24, 2.45) is 0 Å². The Bertz CT molecular complexity index is 878. The molecule has 3 N–H and O–H groups in total. The van der Waals surface area contributed by atoms with Gasteiger partial charge in [-0.1, -0.05) is 18.2 Å². The number of rotatable bonds is 4. The van der Waals surface area contributed by atoms with E-state index in [1.807, 2.05) is 0 Å². The lowest BCUT2D eigenvalue weighted by Gasteiger charge is -2.26. The van der Waals surface area contributed by atoms with Crippen molar-refractivity contribution in [1.29, 1.82) is 0 Å². The number of amides is 1. The van der Waals surface area contributed by atoms with Crippen LogP contribution in [0.5, 0.6) is 11.5 Å². The number of methoxy groups -OCH3 is 1. The largest absolute Gasteiger partial charge is 0.504 e. The number of fused-ring (bicyclic) bond motifs is 1. The number of aryl methyl sites for hydroxylation is 1. The van der Waals surface area contributed by atoms with Gasteiger partial charge in [0.1, 0.15) is 0 Å². The SMILES string of the molecule is COc1cc(C)cc(C(C(=O)O)N2Cc3ccccc3C2=O)c1O.O=CO. The molecule has 0 fully saturated rings. The normalized spacial score (nSPS) is 13.3. The molecule has 0 saturated heterocycles. The molecule has 8 heteroatoms. The van der Waals surface area contributed by atoms with Crippen LogP contribution in [0, 0.1) is 6.92 Å². The Labute approximate surface area is 155 Å². The number of benzene rings is 2. The third-order valence-corrected chi connectivity index (χ3v) is 4.16. The predicted molar refractivity (Wildman–Crippen MR) is 94.8 cm³/mol. The molecule has 0 aliphatic carbocycles. The number of hydrogen-bond acceptors (Lipinski definition) is 5. The highest BCUT2D eigenvalue weighted by atomic mass is 16.5. The summed E-state index contributed by atoms with van der Waals surface area (Å²) < 4.78 is 5.10. The van der Waals surface area contributed by atoms with Crippen molar-refractivity contribution in [2.75, 3.05) is 7.11 Å². The summed E-state index contributed by atoms with van der Waals surface area (Å²) in [7, 11) is 1.39. The second kappa shape index (κ2) is 8.22. The van der Waals surface area contributed by atoms with Gasteiger partial charge in [-0.3, -0.25) is 9.59 Å². The molecule has 142 valence electrons. The summed E-state index contributed by atoms with van der Waals surface area (Å²) in [6.07, 6.45) is 0. The maximum Gasteiger partial charge on any atom is 0.331 e. The summed E-state index contributed by atoms with van der Waals surface area (Å²) >= 11 is 0. The van der Waals surface area contributed by atoms with E-state index in [-0.39, 0.29) is 36.0 Å². The van der Waals surface area contributed by atoms with Crippen LogP contribution in [0.3, 0.4) is 0 Å². The smallest absolute Gasteiger partial charge is 0.331 e. The molecule has 8 nitrogen and oxygen atoms in total. The molecule has 0 aromatic heterocycles. The zero-order valence-electron chi connectivity index (χ0n) is 14.7. The van der Waals surface area contributed by atoms with Gasteiger partial charge in [-0.25, -0.2) is 4.79 Å². The van der Waals surface area contributed by atoms with Crippen LogP contribution in [0.4, 0.5) is 0 Å². The first kappa shape index (κ1) is 19.8. The number of carboxylic acid groups (broad SMARTS) is 2. The molecule has 1 aliphatic rings. The zero-order chi connectivity index (χ0) is 20.1. The van der Waals surface area contributed by atoms with E-state index < -0.39 is 12.0 Å². The lowest BCUT2D eigenvalue weighted by Crippen LogP contribution is -2.34. The number of carbonyl (C=O) groups excluding carboxylic acids is 1. The maximum atomic E-state index is 12.6. The van der Waals surface area contributed by atoms with E-state index in [1.54, 1.807) is 43.3 Å². The third-order valence-electron chi connectivity index (χ3n) is 4.16. The number of phenolic OH excluding ortho intramolecular Hbond substituents is 1. The first-order chi connectivity index (χ1) is 12.8. The van der Waals surface area contributed by atoms with E-state index in [9.17, 15) is 19.8 Å². The van der Waals surface area contributed by atoms with Gasteiger partial charge in [0, 0.05) is 17.7 Å². The summed E-state index contributed by atoms with van der Waals surface area (Å²) in [6, 6.07) is 8.89. The van der Waals surface area contributed by atoms with E-state index >= 15 is 0 Å². The Morgan fingerprint density at radius 3 is 2.48 bits per heavy atom. The summed E-state index contributed by atoms with van der Waals surface area (Å²) in [6.45, 7) is 1.70. The van der Waals surface area contributed by atoms with Crippen molar-refractivity contribution in [1.82, 2.24) is 4.90 Å². The highest BCUT2D eigenvalue weighted by molar-refractivity contribution is 6.00. The van der Waals surface area contributed by atoms with Gasteiger partial charge in [-0.15, -0.1) is 0 Å². The number of nitrogens with zero attached hydrogens (tertiary/aromatic N) is 1. The second-order valence-electron chi connectivity index (χ2n) is 5.84. The predicted octanol–water partition coefficient (Wildman–Crippen LogP) is 2.19. The Balaban J connectivity index is 0.000000817. The Morgan fingerprint density at radius 2 is 1.93 bits per heavy atom. The fourth-order valence-corrected chi connectivity index (χ4v) is 3.06. The molecule has 0 radical (unpaired) electrons. The van der Waals surface area contributed by atoms with Crippen LogP contribution in [0.25, 0.3) is 0 Å².